The minimum absolute atomic E-state index is 0.403. The van der Waals surface area contributed by atoms with Crippen molar-refractivity contribution in [3.05, 3.63) is 17.5 Å². The topological polar surface area (TPSA) is 63.3 Å². The number of rotatable bonds is 2. The number of carboxylic acid groups (broad SMARTS) is 1. The molecule has 0 aliphatic carbocycles. The molecule has 1 heterocycles. The summed E-state index contributed by atoms with van der Waals surface area (Å²) in [7, 11) is 0. The number of aromatic nitrogens is 1. The molecule has 0 aliphatic rings. The van der Waals surface area contributed by atoms with Gasteiger partial charge < -0.3 is 9.63 Å². The van der Waals surface area contributed by atoms with Crippen LogP contribution in [0.2, 0.25) is 0 Å². The molecule has 84 valence electrons. The number of carbonyl (C=O) groups is 1. The molecular weight excluding hydrogens is 194 g/mol. The Balaban J connectivity index is 3.31. The van der Waals surface area contributed by atoms with Crippen LogP contribution in [0.4, 0.5) is 0 Å². The summed E-state index contributed by atoms with van der Waals surface area (Å²) in [5, 5.41) is 13.1. The van der Waals surface area contributed by atoms with Crippen LogP contribution in [-0.2, 0) is 10.2 Å². The fourth-order valence-corrected chi connectivity index (χ4v) is 1.40. The van der Waals surface area contributed by atoms with Gasteiger partial charge in [-0.3, -0.25) is 4.79 Å². The van der Waals surface area contributed by atoms with Gasteiger partial charge in [0.25, 0.3) is 0 Å². The van der Waals surface area contributed by atoms with Gasteiger partial charge in [0.05, 0.1) is 5.69 Å². The van der Waals surface area contributed by atoms with Crippen molar-refractivity contribution in [2.45, 2.75) is 40.0 Å². The first-order valence-electron chi connectivity index (χ1n) is 4.87. The van der Waals surface area contributed by atoms with Gasteiger partial charge in [-0.15, -0.1) is 0 Å². The van der Waals surface area contributed by atoms with Gasteiger partial charge in [0.2, 0.25) is 0 Å². The molecule has 1 rings (SSSR count). The standard InChI is InChI=1S/C11H17NO3/c1-7-6-8(15-12-7)11(5,9(13)14)10(2,3)4/h6H,1-5H3,(H,13,14). The Morgan fingerprint density at radius 1 is 1.40 bits per heavy atom. The van der Waals surface area contributed by atoms with Crippen molar-refractivity contribution in [3.8, 4) is 0 Å². The molecule has 15 heavy (non-hydrogen) atoms. The second kappa shape index (κ2) is 3.36. The Morgan fingerprint density at radius 2 is 1.93 bits per heavy atom. The quantitative estimate of drug-likeness (QED) is 0.815. The third kappa shape index (κ3) is 1.76. The number of aliphatic carboxylic acids is 1. The molecule has 0 amide bonds. The molecule has 4 nitrogen and oxygen atoms in total. The normalized spacial score (nSPS) is 16.1. The number of aryl methyl sites for hydroxylation is 1. The van der Waals surface area contributed by atoms with Gasteiger partial charge in [0.1, 0.15) is 5.41 Å². The largest absolute Gasteiger partial charge is 0.480 e. The van der Waals surface area contributed by atoms with E-state index < -0.39 is 16.8 Å². The van der Waals surface area contributed by atoms with Crippen LogP contribution >= 0.6 is 0 Å². The SMILES string of the molecule is Cc1cc(C(C)(C(=O)O)C(C)(C)C)on1. The van der Waals surface area contributed by atoms with Gasteiger partial charge >= 0.3 is 5.97 Å². The fraction of sp³-hybridized carbons (Fsp3) is 0.636. The molecular formula is C11H17NO3. The van der Waals surface area contributed by atoms with Gasteiger partial charge in [-0.1, -0.05) is 25.9 Å². The van der Waals surface area contributed by atoms with E-state index in [4.69, 9.17) is 4.52 Å². The van der Waals surface area contributed by atoms with E-state index in [-0.39, 0.29) is 0 Å². The van der Waals surface area contributed by atoms with E-state index >= 15 is 0 Å². The van der Waals surface area contributed by atoms with E-state index in [1.165, 1.54) is 0 Å². The summed E-state index contributed by atoms with van der Waals surface area (Å²) in [6.45, 7) is 9.06. The third-order valence-electron chi connectivity index (χ3n) is 3.05. The Bertz CT molecular complexity index is 375. The number of nitrogens with zero attached hydrogens (tertiary/aromatic N) is 1. The number of carboxylic acids is 1. The Labute approximate surface area is 89.3 Å². The van der Waals surface area contributed by atoms with Crippen molar-refractivity contribution in [2.75, 3.05) is 0 Å². The molecule has 1 aromatic heterocycles. The van der Waals surface area contributed by atoms with Crippen molar-refractivity contribution in [1.29, 1.82) is 0 Å². The average Bonchev–Trinajstić information content (AvgIpc) is 2.48. The van der Waals surface area contributed by atoms with Gasteiger partial charge in [0, 0.05) is 6.07 Å². The molecule has 0 spiro atoms. The Morgan fingerprint density at radius 3 is 2.20 bits per heavy atom. The first kappa shape index (κ1) is 11.8. The molecule has 0 fully saturated rings. The predicted molar refractivity (Wildman–Crippen MR) is 55.7 cm³/mol. The van der Waals surface area contributed by atoms with Gasteiger partial charge in [0.15, 0.2) is 5.76 Å². The average molecular weight is 211 g/mol. The van der Waals surface area contributed by atoms with E-state index in [0.29, 0.717) is 11.5 Å². The molecule has 1 unspecified atom stereocenters. The molecule has 0 radical (unpaired) electrons. The summed E-state index contributed by atoms with van der Waals surface area (Å²) in [6.07, 6.45) is 0. The molecule has 0 bridgehead atoms. The number of hydrogen-bond acceptors (Lipinski definition) is 3. The highest BCUT2D eigenvalue weighted by molar-refractivity contribution is 5.81. The molecule has 0 aromatic carbocycles. The summed E-state index contributed by atoms with van der Waals surface area (Å²) >= 11 is 0. The number of hydrogen-bond donors (Lipinski definition) is 1. The van der Waals surface area contributed by atoms with Crippen molar-refractivity contribution in [1.82, 2.24) is 5.16 Å². The minimum Gasteiger partial charge on any atom is -0.480 e. The highest BCUT2D eigenvalue weighted by Crippen LogP contribution is 2.41. The van der Waals surface area contributed by atoms with Crippen LogP contribution in [0.15, 0.2) is 10.6 Å². The molecule has 1 aromatic rings. The Kier molecular flexibility index (Phi) is 2.63. The lowest BCUT2D eigenvalue weighted by Crippen LogP contribution is -2.44. The van der Waals surface area contributed by atoms with E-state index in [1.54, 1.807) is 19.9 Å². The summed E-state index contributed by atoms with van der Waals surface area (Å²) in [6, 6.07) is 1.68. The van der Waals surface area contributed by atoms with E-state index in [9.17, 15) is 9.90 Å². The predicted octanol–water partition coefficient (Wildman–Crippen LogP) is 2.37. The first-order valence-corrected chi connectivity index (χ1v) is 4.87. The van der Waals surface area contributed by atoms with Gasteiger partial charge in [-0.25, -0.2) is 0 Å². The lowest BCUT2D eigenvalue weighted by Gasteiger charge is -2.35. The van der Waals surface area contributed by atoms with Crippen molar-refractivity contribution in [2.24, 2.45) is 5.41 Å². The van der Waals surface area contributed by atoms with Gasteiger partial charge in [-0.2, -0.15) is 0 Å². The molecule has 0 saturated heterocycles. The van der Waals surface area contributed by atoms with Crippen LogP contribution in [0.3, 0.4) is 0 Å². The first-order chi connectivity index (χ1) is 6.69. The summed E-state index contributed by atoms with van der Waals surface area (Å²) in [5.74, 6) is -0.494. The van der Waals surface area contributed by atoms with E-state index in [1.807, 2.05) is 20.8 Å². The maximum atomic E-state index is 11.4. The molecule has 4 heteroatoms. The zero-order valence-electron chi connectivity index (χ0n) is 9.79. The van der Waals surface area contributed by atoms with Crippen molar-refractivity contribution in [3.63, 3.8) is 0 Å². The van der Waals surface area contributed by atoms with Crippen LogP contribution in [0.1, 0.15) is 39.1 Å². The highest BCUT2D eigenvalue weighted by Gasteiger charge is 2.49. The van der Waals surface area contributed by atoms with E-state index in [2.05, 4.69) is 5.16 Å². The molecule has 1 N–H and O–H groups in total. The summed E-state index contributed by atoms with van der Waals surface area (Å²) in [4.78, 5) is 11.4. The third-order valence-corrected chi connectivity index (χ3v) is 3.05. The van der Waals surface area contributed by atoms with E-state index in [0.717, 1.165) is 0 Å². The monoisotopic (exact) mass is 211 g/mol. The molecule has 1 atom stereocenters. The maximum absolute atomic E-state index is 11.4. The maximum Gasteiger partial charge on any atom is 0.317 e. The molecule has 0 aliphatic heterocycles. The Hall–Kier alpha value is -1.32. The van der Waals surface area contributed by atoms with Gasteiger partial charge in [-0.05, 0) is 19.3 Å². The van der Waals surface area contributed by atoms with Crippen LogP contribution in [0.25, 0.3) is 0 Å². The van der Waals surface area contributed by atoms with Crippen LogP contribution in [-0.4, -0.2) is 16.2 Å². The summed E-state index contributed by atoms with van der Waals surface area (Å²) < 4.78 is 5.09. The highest BCUT2D eigenvalue weighted by atomic mass is 16.5. The smallest absolute Gasteiger partial charge is 0.317 e. The van der Waals surface area contributed by atoms with Crippen LogP contribution in [0.5, 0.6) is 0 Å². The fourth-order valence-electron chi connectivity index (χ4n) is 1.40. The second-order valence-corrected chi connectivity index (χ2v) is 5.01. The van der Waals surface area contributed by atoms with Crippen LogP contribution < -0.4 is 0 Å². The summed E-state index contributed by atoms with van der Waals surface area (Å²) in [5.41, 5.74) is -0.805. The van der Waals surface area contributed by atoms with Crippen molar-refractivity contribution < 1.29 is 14.4 Å². The van der Waals surface area contributed by atoms with Crippen LogP contribution in [0, 0.1) is 12.3 Å². The lowest BCUT2D eigenvalue weighted by atomic mass is 9.66. The lowest BCUT2D eigenvalue weighted by molar-refractivity contribution is -0.148. The zero-order valence-corrected chi connectivity index (χ0v) is 9.79. The van der Waals surface area contributed by atoms with Crippen molar-refractivity contribution >= 4 is 5.97 Å². The zero-order chi connectivity index (χ0) is 11.9. The second-order valence-electron chi connectivity index (χ2n) is 5.01. The molecule has 0 saturated carbocycles. The minimum atomic E-state index is -1.06.